The Balaban J connectivity index is 2.10. The van der Waals surface area contributed by atoms with Gasteiger partial charge in [0, 0.05) is 19.4 Å². The Hall–Kier alpha value is -0.860. The zero-order valence-corrected chi connectivity index (χ0v) is 8.82. The average molecular weight is 195 g/mol. The lowest BCUT2D eigenvalue weighted by Crippen LogP contribution is -2.42. The molecule has 1 aliphatic carbocycles. The first kappa shape index (κ1) is 9.69. The van der Waals surface area contributed by atoms with E-state index in [4.69, 9.17) is 0 Å². The second-order valence-corrected chi connectivity index (χ2v) is 4.32. The van der Waals surface area contributed by atoms with Crippen LogP contribution in [0.1, 0.15) is 33.1 Å². The Morgan fingerprint density at radius 2 is 2.00 bits per heavy atom. The highest BCUT2D eigenvalue weighted by Gasteiger charge is 2.55. The monoisotopic (exact) mass is 195 g/mol. The molecule has 14 heavy (non-hydrogen) atoms. The van der Waals surface area contributed by atoms with Gasteiger partial charge in [0.15, 0.2) is 5.78 Å². The van der Waals surface area contributed by atoms with E-state index in [9.17, 15) is 9.59 Å². The first-order valence-electron chi connectivity index (χ1n) is 5.51. The minimum Gasteiger partial charge on any atom is -0.332 e. The van der Waals surface area contributed by atoms with Gasteiger partial charge in [0.2, 0.25) is 5.91 Å². The maximum atomic E-state index is 11.7. The second-order valence-electron chi connectivity index (χ2n) is 4.32. The number of hydrogen-bond acceptors (Lipinski definition) is 2. The fourth-order valence-electron chi connectivity index (χ4n) is 2.55. The maximum Gasteiger partial charge on any atom is 0.222 e. The van der Waals surface area contributed by atoms with E-state index in [2.05, 4.69) is 0 Å². The SMILES string of the molecule is CCC(=O)C1C2CC2CN1C(=O)CC. The van der Waals surface area contributed by atoms with Crippen LogP contribution in [-0.2, 0) is 9.59 Å². The summed E-state index contributed by atoms with van der Waals surface area (Å²) < 4.78 is 0. The number of carbonyl (C=O) groups excluding carboxylic acids is 2. The molecule has 0 radical (unpaired) electrons. The van der Waals surface area contributed by atoms with E-state index in [1.807, 2.05) is 18.7 Å². The number of likely N-dealkylation sites (tertiary alicyclic amines) is 1. The number of piperidine rings is 1. The predicted molar refractivity (Wildman–Crippen MR) is 52.7 cm³/mol. The largest absolute Gasteiger partial charge is 0.332 e. The van der Waals surface area contributed by atoms with Crippen molar-refractivity contribution in [1.82, 2.24) is 4.90 Å². The molecule has 0 bridgehead atoms. The fourth-order valence-corrected chi connectivity index (χ4v) is 2.55. The van der Waals surface area contributed by atoms with Gasteiger partial charge in [0.1, 0.15) is 0 Å². The third-order valence-electron chi connectivity index (χ3n) is 3.45. The van der Waals surface area contributed by atoms with Crippen molar-refractivity contribution in [2.24, 2.45) is 11.8 Å². The van der Waals surface area contributed by atoms with E-state index in [-0.39, 0.29) is 17.7 Å². The molecule has 0 spiro atoms. The normalized spacial score (nSPS) is 34.1. The van der Waals surface area contributed by atoms with Crippen LogP contribution in [0, 0.1) is 11.8 Å². The van der Waals surface area contributed by atoms with Gasteiger partial charge in [-0.2, -0.15) is 0 Å². The van der Waals surface area contributed by atoms with Gasteiger partial charge in [-0.1, -0.05) is 13.8 Å². The zero-order valence-electron chi connectivity index (χ0n) is 8.82. The highest BCUT2D eigenvalue weighted by molar-refractivity contribution is 5.90. The minimum absolute atomic E-state index is 0.0718. The molecular formula is C11H17NO2. The van der Waals surface area contributed by atoms with Crippen LogP contribution in [0.25, 0.3) is 0 Å². The summed E-state index contributed by atoms with van der Waals surface area (Å²) in [5, 5.41) is 0. The molecule has 3 atom stereocenters. The summed E-state index contributed by atoms with van der Waals surface area (Å²) in [7, 11) is 0. The van der Waals surface area contributed by atoms with Crippen molar-refractivity contribution >= 4 is 11.7 Å². The number of amides is 1. The molecule has 1 heterocycles. The van der Waals surface area contributed by atoms with Crippen molar-refractivity contribution in [3.05, 3.63) is 0 Å². The third kappa shape index (κ3) is 1.35. The van der Waals surface area contributed by atoms with Gasteiger partial charge >= 0.3 is 0 Å². The van der Waals surface area contributed by atoms with Gasteiger partial charge in [0.25, 0.3) is 0 Å². The van der Waals surface area contributed by atoms with Gasteiger partial charge in [-0.3, -0.25) is 9.59 Å². The van der Waals surface area contributed by atoms with Gasteiger partial charge in [-0.05, 0) is 18.3 Å². The number of rotatable bonds is 3. The molecule has 1 saturated heterocycles. The second kappa shape index (κ2) is 3.37. The lowest BCUT2D eigenvalue weighted by Gasteiger charge is -2.25. The first-order valence-corrected chi connectivity index (χ1v) is 5.51. The summed E-state index contributed by atoms with van der Waals surface area (Å²) in [5.74, 6) is 1.52. The highest BCUT2D eigenvalue weighted by Crippen LogP contribution is 2.50. The first-order chi connectivity index (χ1) is 6.69. The lowest BCUT2D eigenvalue weighted by molar-refractivity contribution is -0.138. The summed E-state index contributed by atoms with van der Waals surface area (Å²) in [6.07, 6.45) is 2.23. The van der Waals surface area contributed by atoms with Crippen molar-refractivity contribution in [2.45, 2.75) is 39.2 Å². The van der Waals surface area contributed by atoms with E-state index in [0.717, 1.165) is 13.0 Å². The number of ketones is 1. The van der Waals surface area contributed by atoms with E-state index in [0.29, 0.717) is 24.7 Å². The molecule has 3 nitrogen and oxygen atoms in total. The van der Waals surface area contributed by atoms with Crippen LogP contribution >= 0.6 is 0 Å². The van der Waals surface area contributed by atoms with Crippen LogP contribution in [0.2, 0.25) is 0 Å². The summed E-state index contributed by atoms with van der Waals surface area (Å²) in [6, 6.07) is -0.0718. The molecule has 0 aromatic carbocycles. The molecule has 1 saturated carbocycles. The van der Waals surface area contributed by atoms with Crippen molar-refractivity contribution in [2.75, 3.05) is 6.54 Å². The molecule has 2 aliphatic rings. The van der Waals surface area contributed by atoms with Gasteiger partial charge < -0.3 is 4.90 Å². The molecule has 3 unspecified atom stereocenters. The number of hydrogen-bond donors (Lipinski definition) is 0. The number of Topliss-reactive ketones (excluding diaryl/α,β-unsaturated/α-hetero) is 1. The maximum absolute atomic E-state index is 11.7. The Labute approximate surface area is 84.5 Å². The van der Waals surface area contributed by atoms with Crippen LogP contribution in [0.3, 0.4) is 0 Å². The molecule has 78 valence electrons. The molecular weight excluding hydrogens is 178 g/mol. The molecule has 0 aromatic heterocycles. The molecule has 0 aromatic rings. The van der Waals surface area contributed by atoms with Gasteiger partial charge in [-0.25, -0.2) is 0 Å². The molecule has 1 aliphatic heterocycles. The quantitative estimate of drug-likeness (QED) is 0.679. The van der Waals surface area contributed by atoms with E-state index in [1.165, 1.54) is 0 Å². The van der Waals surface area contributed by atoms with Crippen LogP contribution in [-0.4, -0.2) is 29.2 Å². The van der Waals surface area contributed by atoms with Crippen LogP contribution in [0.4, 0.5) is 0 Å². The lowest BCUT2D eigenvalue weighted by atomic mass is 10.1. The summed E-state index contributed by atoms with van der Waals surface area (Å²) in [4.78, 5) is 25.1. The molecule has 1 amide bonds. The molecule has 2 rings (SSSR count). The number of nitrogens with zero attached hydrogens (tertiary/aromatic N) is 1. The van der Waals surface area contributed by atoms with Crippen molar-refractivity contribution < 1.29 is 9.59 Å². The predicted octanol–water partition coefficient (Wildman–Crippen LogP) is 1.22. The topological polar surface area (TPSA) is 37.4 Å². The summed E-state index contributed by atoms with van der Waals surface area (Å²) >= 11 is 0. The Morgan fingerprint density at radius 1 is 1.29 bits per heavy atom. The molecule has 3 heteroatoms. The van der Waals surface area contributed by atoms with Crippen molar-refractivity contribution in [3.8, 4) is 0 Å². The van der Waals surface area contributed by atoms with Gasteiger partial charge in [-0.15, -0.1) is 0 Å². The number of carbonyl (C=O) groups is 2. The van der Waals surface area contributed by atoms with E-state index in [1.54, 1.807) is 0 Å². The Bertz CT molecular complexity index is 274. The fraction of sp³-hybridized carbons (Fsp3) is 0.818. The summed E-state index contributed by atoms with van der Waals surface area (Å²) in [6.45, 7) is 4.57. The molecule has 0 N–H and O–H groups in total. The van der Waals surface area contributed by atoms with Crippen LogP contribution in [0.5, 0.6) is 0 Å². The van der Waals surface area contributed by atoms with Crippen molar-refractivity contribution in [1.29, 1.82) is 0 Å². The van der Waals surface area contributed by atoms with Crippen molar-refractivity contribution in [3.63, 3.8) is 0 Å². The average Bonchev–Trinajstić information content (AvgIpc) is 2.87. The highest BCUT2D eigenvalue weighted by atomic mass is 16.2. The standard InChI is InChI=1S/C11H17NO2/c1-3-9(13)11-8-5-7(8)6-12(11)10(14)4-2/h7-8,11H,3-6H2,1-2H3. The molecule has 2 fully saturated rings. The third-order valence-corrected chi connectivity index (χ3v) is 3.45. The number of fused-ring (bicyclic) bond motifs is 1. The van der Waals surface area contributed by atoms with Crippen LogP contribution in [0.15, 0.2) is 0 Å². The zero-order chi connectivity index (χ0) is 10.3. The minimum atomic E-state index is -0.0718. The van der Waals surface area contributed by atoms with E-state index >= 15 is 0 Å². The van der Waals surface area contributed by atoms with E-state index < -0.39 is 0 Å². The Morgan fingerprint density at radius 3 is 2.57 bits per heavy atom. The Kier molecular flexibility index (Phi) is 2.33. The van der Waals surface area contributed by atoms with Gasteiger partial charge in [0.05, 0.1) is 6.04 Å². The smallest absolute Gasteiger partial charge is 0.222 e. The van der Waals surface area contributed by atoms with Crippen LogP contribution < -0.4 is 0 Å². The summed E-state index contributed by atoms with van der Waals surface area (Å²) in [5.41, 5.74) is 0.